The minimum absolute atomic E-state index is 0.270. The molecular weight excluding hydrogens is 237 g/mol. The summed E-state index contributed by atoms with van der Waals surface area (Å²) in [6, 6.07) is 3.86. The maximum absolute atomic E-state index is 13.3. The van der Waals surface area contributed by atoms with Crippen molar-refractivity contribution in [2.75, 3.05) is 19.5 Å². The summed E-state index contributed by atoms with van der Waals surface area (Å²) in [5.41, 5.74) is 0.522. The summed E-state index contributed by atoms with van der Waals surface area (Å²) in [7, 11) is 2.82. The molecule has 18 heavy (non-hydrogen) atoms. The van der Waals surface area contributed by atoms with Crippen LogP contribution in [0.2, 0.25) is 0 Å². The Kier molecular flexibility index (Phi) is 3.69. The molecular formula is C13H16FNO3. The van der Waals surface area contributed by atoms with Crippen LogP contribution in [0.1, 0.15) is 12.8 Å². The van der Waals surface area contributed by atoms with Crippen LogP contribution < -0.4 is 10.1 Å². The summed E-state index contributed by atoms with van der Waals surface area (Å²) >= 11 is 0. The Morgan fingerprint density at radius 3 is 2.67 bits per heavy atom. The van der Waals surface area contributed by atoms with Crippen LogP contribution in [0.4, 0.5) is 10.1 Å². The van der Waals surface area contributed by atoms with Crippen molar-refractivity contribution in [3.8, 4) is 5.75 Å². The SMILES string of the molecule is COC(=O)C(Nc1cc(F)cc(OC)c1)C1CC1. The number of carbonyl (C=O) groups excluding carboxylic acids is 1. The minimum Gasteiger partial charge on any atom is -0.497 e. The van der Waals surface area contributed by atoms with E-state index in [4.69, 9.17) is 9.47 Å². The van der Waals surface area contributed by atoms with Gasteiger partial charge in [0.25, 0.3) is 0 Å². The maximum atomic E-state index is 13.3. The Hall–Kier alpha value is -1.78. The normalized spacial score (nSPS) is 15.9. The van der Waals surface area contributed by atoms with Crippen molar-refractivity contribution in [1.29, 1.82) is 0 Å². The predicted molar refractivity (Wildman–Crippen MR) is 65.1 cm³/mol. The molecule has 0 heterocycles. The third-order valence-electron chi connectivity index (χ3n) is 2.98. The van der Waals surface area contributed by atoms with Gasteiger partial charge >= 0.3 is 5.97 Å². The molecule has 0 bridgehead atoms. The lowest BCUT2D eigenvalue weighted by molar-refractivity contribution is -0.142. The van der Waals surface area contributed by atoms with Crippen LogP contribution in [0.5, 0.6) is 5.75 Å². The number of carbonyl (C=O) groups is 1. The molecule has 0 radical (unpaired) electrons. The van der Waals surface area contributed by atoms with Gasteiger partial charge in [-0.15, -0.1) is 0 Å². The largest absolute Gasteiger partial charge is 0.497 e. The highest BCUT2D eigenvalue weighted by Crippen LogP contribution is 2.35. The van der Waals surface area contributed by atoms with Gasteiger partial charge in [-0.2, -0.15) is 0 Å². The van der Waals surface area contributed by atoms with E-state index in [2.05, 4.69) is 5.32 Å². The standard InChI is InChI=1S/C13H16FNO3/c1-17-11-6-9(14)5-10(7-11)15-12(8-3-4-8)13(16)18-2/h5-8,12,15H,3-4H2,1-2H3. The molecule has 1 saturated carbocycles. The number of methoxy groups -OCH3 is 2. The summed E-state index contributed by atoms with van der Waals surface area (Å²) in [6.45, 7) is 0. The number of anilines is 1. The Morgan fingerprint density at radius 1 is 1.39 bits per heavy atom. The van der Waals surface area contributed by atoms with Gasteiger partial charge in [-0.05, 0) is 24.8 Å². The van der Waals surface area contributed by atoms with E-state index < -0.39 is 11.9 Å². The highest BCUT2D eigenvalue weighted by Gasteiger charge is 2.37. The van der Waals surface area contributed by atoms with Gasteiger partial charge in [0, 0.05) is 17.8 Å². The molecule has 2 rings (SSSR count). The molecule has 0 saturated heterocycles. The number of hydrogen-bond acceptors (Lipinski definition) is 4. The summed E-state index contributed by atoms with van der Waals surface area (Å²) in [5.74, 6) is -0.0411. The molecule has 1 aliphatic rings. The van der Waals surface area contributed by atoms with E-state index in [1.165, 1.54) is 26.4 Å². The fourth-order valence-corrected chi connectivity index (χ4v) is 1.87. The number of ether oxygens (including phenoxy) is 2. The lowest BCUT2D eigenvalue weighted by atomic mass is 10.1. The minimum atomic E-state index is -0.415. The molecule has 98 valence electrons. The predicted octanol–water partition coefficient (Wildman–Crippen LogP) is 2.20. The number of esters is 1. The van der Waals surface area contributed by atoms with Crippen LogP contribution in [-0.4, -0.2) is 26.2 Å². The molecule has 1 aliphatic carbocycles. The Labute approximate surface area is 105 Å². The zero-order valence-corrected chi connectivity index (χ0v) is 10.4. The third kappa shape index (κ3) is 2.91. The number of nitrogens with one attached hydrogen (secondary N) is 1. The lowest BCUT2D eigenvalue weighted by Gasteiger charge is -2.17. The van der Waals surface area contributed by atoms with E-state index in [0.29, 0.717) is 11.4 Å². The first kappa shape index (κ1) is 12.7. The van der Waals surface area contributed by atoms with Crippen LogP contribution in [0.3, 0.4) is 0 Å². The van der Waals surface area contributed by atoms with Gasteiger partial charge < -0.3 is 14.8 Å². The molecule has 5 heteroatoms. The van der Waals surface area contributed by atoms with Gasteiger partial charge in [0.1, 0.15) is 17.6 Å². The monoisotopic (exact) mass is 253 g/mol. The number of hydrogen-bond donors (Lipinski definition) is 1. The molecule has 0 aliphatic heterocycles. The number of rotatable bonds is 5. The number of benzene rings is 1. The molecule has 1 fully saturated rings. The average Bonchev–Trinajstić information content (AvgIpc) is 3.18. The third-order valence-corrected chi connectivity index (χ3v) is 2.98. The van der Waals surface area contributed by atoms with E-state index >= 15 is 0 Å². The van der Waals surface area contributed by atoms with Crippen molar-refractivity contribution in [3.05, 3.63) is 24.0 Å². The molecule has 1 aromatic carbocycles. The van der Waals surface area contributed by atoms with Gasteiger partial charge in [0.15, 0.2) is 0 Å². The van der Waals surface area contributed by atoms with E-state index in [1.807, 2.05) is 0 Å². The van der Waals surface area contributed by atoms with E-state index in [9.17, 15) is 9.18 Å². The molecule has 4 nitrogen and oxygen atoms in total. The van der Waals surface area contributed by atoms with Gasteiger partial charge in [0.05, 0.1) is 14.2 Å². The topological polar surface area (TPSA) is 47.6 Å². The molecule has 1 atom stereocenters. The second-order valence-corrected chi connectivity index (χ2v) is 4.36. The zero-order valence-electron chi connectivity index (χ0n) is 10.4. The molecule has 1 N–H and O–H groups in total. The number of halogens is 1. The van der Waals surface area contributed by atoms with Crippen LogP contribution in [-0.2, 0) is 9.53 Å². The van der Waals surface area contributed by atoms with E-state index in [1.54, 1.807) is 6.07 Å². The lowest BCUT2D eigenvalue weighted by Crippen LogP contribution is -2.32. The molecule has 1 aromatic rings. The van der Waals surface area contributed by atoms with Crippen LogP contribution in [0, 0.1) is 11.7 Å². The highest BCUT2D eigenvalue weighted by atomic mass is 19.1. The Morgan fingerprint density at radius 2 is 2.11 bits per heavy atom. The highest BCUT2D eigenvalue weighted by molar-refractivity contribution is 5.80. The maximum Gasteiger partial charge on any atom is 0.328 e. The summed E-state index contributed by atoms with van der Waals surface area (Å²) < 4.78 is 23.1. The fraction of sp³-hybridized carbons (Fsp3) is 0.462. The first-order chi connectivity index (χ1) is 8.63. The van der Waals surface area contributed by atoms with Crippen LogP contribution in [0.25, 0.3) is 0 Å². The summed E-state index contributed by atoms with van der Waals surface area (Å²) in [5, 5.41) is 3.01. The summed E-state index contributed by atoms with van der Waals surface area (Å²) in [4.78, 5) is 11.6. The Balaban J connectivity index is 2.15. The van der Waals surface area contributed by atoms with Crippen molar-refractivity contribution < 1.29 is 18.7 Å². The van der Waals surface area contributed by atoms with Gasteiger partial charge in [0.2, 0.25) is 0 Å². The first-order valence-electron chi connectivity index (χ1n) is 5.83. The van der Waals surface area contributed by atoms with Gasteiger partial charge in [-0.3, -0.25) is 0 Å². The summed E-state index contributed by atoms with van der Waals surface area (Å²) in [6.07, 6.45) is 1.97. The van der Waals surface area contributed by atoms with Crippen molar-refractivity contribution in [3.63, 3.8) is 0 Å². The second-order valence-electron chi connectivity index (χ2n) is 4.36. The van der Waals surface area contributed by atoms with Crippen molar-refractivity contribution >= 4 is 11.7 Å². The van der Waals surface area contributed by atoms with Gasteiger partial charge in [-0.25, -0.2) is 9.18 Å². The molecule has 1 unspecified atom stereocenters. The fourth-order valence-electron chi connectivity index (χ4n) is 1.87. The zero-order chi connectivity index (χ0) is 13.1. The van der Waals surface area contributed by atoms with Crippen molar-refractivity contribution in [2.45, 2.75) is 18.9 Å². The average molecular weight is 253 g/mol. The molecule has 0 spiro atoms. The van der Waals surface area contributed by atoms with Crippen molar-refractivity contribution in [1.82, 2.24) is 0 Å². The Bertz CT molecular complexity index is 446. The quantitative estimate of drug-likeness (QED) is 0.817. The molecule has 0 amide bonds. The first-order valence-corrected chi connectivity index (χ1v) is 5.83. The smallest absolute Gasteiger partial charge is 0.328 e. The van der Waals surface area contributed by atoms with Gasteiger partial charge in [-0.1, -0.05) is 0 Å². The van der Waals surface area contributed by atoms with E-state index in [-0.39, 0.29) is 11.9 Å². The second kappa shape index (κ2) is 5.25. The van der Waals surface area contributed by atoms with Crippen molar-refractivity contribution in [2.24, 2.45) is 5.92 Å². The van der Waals surface area contributed by atoms with Crippen LogP contribution >= 0.6 is 0 Å². The van der Waals surface area contributed by atoms with Crippen LogP contribution in [0.15, 0.2) is 18.2 Å². The molecule has 0 aromatic heterocycles. The van der Waals surface area contributed by atoms with E-state index in [0.717, 1.165) is 12.8 Å².